The summed E-state index contributed by atoms with van der Waals surface area (Å²) in [7, 11) is -5.17. The summed E-state index contributed by atoms with van der Waals surface area (Å²) in [6, 6.07) is 0. The van der Waals surface area contributed by atoms with Crippen LogP contribution in [0.1, 0.15) is 0 Å². The van der Waals surface area contributed by atoms with Gasteiger partial charge in [-0.1, -0.05) is 0 Å². The van der Waals surface area contributed by atoms with Gasteiger partial charge in [0.1, 0.15) is 0 Å². The van der Waals surface area contributed by atoms with Gasteiger partial charge in [0.2, 0.25) is 0 Å². The molecule has 0 saturated heterocycles. The SMILES string of the molecule is O=S(=O)([O-])[O-].[C-]#N.[Cu+2]. The second-order valence-corrected chi connectivity index (χ2v) is 1.22. The summed E-state index contributed by atoms with van der Waals surface area (Å²) >= 11 is 0. The monoisotopic (exact) mass is 185 g/mol. The van der Waals surface area contributed by atoms with Gasteiger partial charge in [0, 0.05) is 10.4 Å². The van der Waals surface area contributed by atoms with Crippen LogP contribution in [0.4, 0.5) is 0 Å². The molecular formula is CCuNO4S-. The van der Waals surface area contributed by atoms with Crippen LogP contribution in [0.3, 0.4) is 0 Å². The minimum Gasteiger partial charge on any atom is -0.759 e. The molecule has 0 amide bonds. The molecule has 0 aromatic heterocycles. The quantitative estimate of drug-likeness (QED) is 0.203. The second kappa shape index (κ2) is 6.88. The van der Waals surface area contributed by atoms with E-state index in [1.54, 1.807) is 0 Å². The molecule has 0 rings (SSSR count). The maximum Gasteiger partial charge on any atom is 2.00 e. The Bertz CT molecular complexity index is 127. The van der Waals surface area contributed by atoms with Crippen molar-refractivity contribution in [2.75, 3.05) is 0 Å². The van der Waals surface area contributed by atoms with E-state index in [0.717, 1.165) is 0 Å². The third-order valence-corrected chi connectivity index (χ3v) is 0. The third-order valence-electron chi connectivity index (χ3n) is 0. The summed E-state index contributed by atoms with van der Waals surface area (Å²) in [6.45, 7) is 4.75. The van der Waals surface area contributed by atoms with E-state index < -0.39 is 10.4 Å². The van der Waals surface area contributed by atoms with Crippen molar-refractivity contribution >= 4 is 10.4 Å². The predicted molar refractivity (Wildman–Crippen MR) is 15.4 cm³/mol. The molecule has 0 aromatic rings. The fourth-order valence-corrected chi connectivity index (χ4v) is 0. The topological polar surface area (TPSA) is 104 Å². The molecule has 0 unspecified atom stereocenters. The van der Waals surface area contributed by atoms with Crippen LogP contribution in [0.25, 0.3) is 0 Å². The number of hydrogen-bond donors (Lipinski definition) is 0. The number of nitrogens with zero attached hydrogens (tertiary/aromatic N) is 1. The molecule has 0 atom stereocenters. The molecule has 0 aromatic carbocycles. The molecule has 0 aliphatic heterocycles. The van der Waals surface area contributed by atoms with E-state index in [0.29, 0.717) is 0 Å². The predicted octanol–water partition coefficient (Wildman–Crippen LogP) is -1.24. The normalized spacial score (nSPS) is 7.50. The fourth-order valence-electron chi connectivity index (χ4n) is 0. The molecule has 0 fully saturated rings. The smallest absolute Gasteiger partial charge is 0.759 e. The molecule has 0 aliphatic rings. The molecule has 0 heterocycles. The van der Waals surface area contributed by atoms with Gasteiger partial charge in [-0.05, 0) is 0 Å². The second-order valence-electron chi connectivity index (χ2n) is 0.408. The van der Waals surface area contributed by atoms with Crippen LogP contribution in [0.5, 0.6) is 0 Å². The Labute approximate surface area is 57.4 Å². The molecule has 0 aliphatic carbocycles. The first-order chi connectivity index (χ1) is 3.00. The third kappa shape index (κ3) is 9640. The molecule has 0 saturated carbocycles. The summed E-state index contributed by atoms with van der Waals surface area (Å²) in [5.74, 6) is 0. The number of hydrogen-bond acceptors (Lipinski definition) is 5. The standard InChI is InChI=1S/CN.Cu.H2O4S/c1-2;;1-5(2,3)4/h;;(H2,1,2,3,4)/q-1;+2;/p-2. The van der Waals surface area contributed by atoms with E-state index >= 15 is 0 Å². The van der Waals surface area contributed by atoms with E-state index in [2.05, 4.69) is 0 Å². The van der Waals surface area contributed by atoms with E-state index in [9.17, 15) is 0 Å². The summed E-state index contributed by atoms with van der Waals surface area (Å²) in [5, 5.41) is 6.25. The molecule has 7 heteroatoms. The van der Waals surface area contributed by atoms with Gasteiger partial charge >= 0.3 is 17.1 Å². The van der Waals surface area contributed by atoms with Gasteiger partial charge in [-0.3, -0.25) is 8.42 Å². The summed E-state index contributed by atoms with van der Waals surface area (Å²) in [4.78, 5) is 0. The van der Waals surface area contributed by atoms with Gasteiger partial charge < -0.3 is 20.9 Å². The Balaban J connectivity index is -0.0000000750. The first kappa shape index (κ1) is 15.7. The van der Waals surface area contributed by atoms with Gasteiger partial charge in [0.25, 0.3) is 0 Å². The van der Waals surface area contributed by atoms with Crippen LogP contribution in [0.2, 0.25) is 0 Å². The van der Waals surface area contributed by atoms with Crippen molar-refractivity contribution in [3.63, 3.8) is 0 Å². The zero-order chi connectivity index (χ0) is 6.50. The van der Waals surface area contributed by atoms with Gasteiger partial charge in [0.05, 0.1) is 0 Å². The molecule has 5 nitrogen and oxygen atoms in total. The van der Waals surface area contributed by atoms with Crippen LogP contribution in [0.15, 0.2) is 0 Å². The minimum absolute atomic E-state index is 0. The minimum atomic E-state index is -5.17. The van der Waals surface area contributed by atoms with Gasteiger partial charge in [-0.25, -0.2) is 0 Å². The van der Waals surface area contributed by atoms with Gasteiger partial charge in [-0.2, -0.15) is 0 Å². The Kier molecular flexibility index (Phi) is 13.5. The van der Waals surface area contributed by atoms with E-state index in [-0.39, 0.29) is 17.1 Å². The molecule has 8 heavy (non-hydrogen) atoms. The Hall–Kier alpha value is -0.121. The van der Waals surface area contributed by atoms with Crippen molar-refractivity contribution in [2.24, 2.45) is 0 Å². The number of rotatable bonds is 0. The van der Waals surface area contributed by atoms with Crippen molar-refractivity contribution in [1.82, 2.24) is 0 Å². The molecule has 51 valence electrons. The molecular weight excluding hydrogens is 186 g/mol. The van der Waals surface area contributed by atoms with Crippen LogP contribution in [-0.4, -0.2) is 17.5 Å². The average molecular weight is 186 g/mol. The summed E-state index contributed by atoms with van der Waals surface area (Å²) in [6.07, 6.45) is 0. The van der Waals surface area contributed by atoms with Gasteiger partial charge in [0.15, 0.2) is 0 Å². The molecule has 0 spiro atoms. The Morgan fingerprint density at radius 1 is 1.25 bits per heavy atom. The van der Waals surface area contributed by atoms with Crippen LogP contribution >= 0.6 is 0 Å². The summed E-state index contributed by atoms with van der Waals surface area (Å²) in [5.41, 5.74) is 0. The Morgan fingerprint density at radius 3 is 1.25 bits per heavy atom. The first-order valence-electron chi connectivity index (χ1n) is 0.890. The average Bonchev–Trinajstić information content (AvgIpc) is 1.36. The van der Waals surface area contributed by atoms with Crippen LogP contribution < -0.4 is 0 Å². The van der Waals surface area contributed by atoms with Crippen molar-refractivity contribution in [2.45, 2.75) is 0 Å². The molecule has 1 radical (unpaired) electrons. The van der Waals surface area contributed by atoms with Crippen LogP contribution in [-0.2, 0) is 27.5 Å². The largest absolute Gasteiger partial charge is 2.00 e. The van der Waals surface area contributed by atoms with Crippen LogP contribution in [0, 0.1) is 11.8 Å². The van der Waals surface area contributed by atoms with E-state index in [1.165, 1.54) is 0 Å². The fraction of sp³-hybridized carbons (Fsp3) is 0. The maximum absolute atomic E-state index is 8.52. The summed E-state index contributed by atoms with van der Waals surface area (Å²) < 4.78 is 34.1. The van der Waals surface area contributed by atoms with Crippen molar-refractivity contribution in [3.05, 3.63) is 6.57 Å². The van der Waals surface area contributed by atoms with Gasteiger partial charge in [-0.15, -0.1) is 0 Å². The van der Waals surface area contributed by atoms with E-state index in [1.807, 2.05) is 0 Å². The molecule has 0 bridgehead atoms. The van der Waals surface area contributed by atoms with Crippen molar-refractivity contribution < 1.29 is 34.6 Å². The zero-order valence-electron chi connectivity index (χ0n) is 3.29. The molecule has 0 N–H and O–H groups in total. The van der Waals surface area contributed by atoms with E-state index in [4.69, 9.17) is 29.4 Å². The Morgan fingerprint density at radius 2 is 1.25 bits per heavy atom. The van der Waals surface area contributed by atoms with Crippen molar-refractivity contribution in [1.29, 1.82) is 5.26 Å². The van der Waals surface area contributed by atoms with Crippen molar-refractivity contribution in [3.8, 4) is 0 Å². The first-order valence-corrected chi connectivity index (χ1v) is 2.22. The maximum atomic E-state index is 8.52. The zero-order valence-corrected chi connectivity index (χ0v) is 5.05.